The van der Waals surface area contributed by atoms with E-state index >= 15 is 0 Å². The van der Waals surface area contributed by atoms with Crippen LogP contribution in [0.1, 0.15) is 35.8 Å². The summed E-state index contributed by atoms with van der Waals surface area (Å²) in [5.74, 6) is -0.950. The van der Waals surface area contributed by atoms with Gasteiger partial charge < -0.3 is 15.2 Å². The summed E-state index contributed by atoms with van der Waals surface area (Å²) in [5.41, 5.74) is 0.979. The SMILES string of the molecule is CC1(CNCc2ccc(C(=O)O)cn2)CCCO1. The molecular weight excluding hydrogens is 232 g/mol. The maximum atomic E-state index is 10.7. The highest BCUT2D eigenvalue weighted by atomic mass is 16.5. The Balaban J connectivity index is 1.81. The number of carboxylic acid groups (broad SMARTS) is 1. The zero-order chi connectivity index (χ0) is 13.0. The van der Waals surface area contributed by atoms with Gasteiger partial charge in [0.05, 0.1) is 16.9 Å². The van der Waals surface area contributed by atoms with Gasteiger partial charge in [0.15, 0.2) is 0 Å². The van der Waals surface area contributed by atoms with Crippen LogP contribution in [0, 0.1) is 0 Å². The Labute approximate surface area is 106 Å². The van der Waals surface area contributed by atoms with Crippen LogP contribution in [-0.2, 0) is 11.3 Å². The van der Waals surface area contributed by atoms with Crippen LogP contribution >= 0.6 is 0 Å². The van der Waals surface area contributed by atoms with Crippen molar-refractivity contribution in [3.63, 3.8) is 0 Å². The highest BCUT2D eigenvalue weighted by molar-refractivity contribution is 5.87. The highest BCUT2D eigenvalue weighted by Crippen LogP contribution is 2.23. The van der Waals surface area contributed by atoms with Crippen molar-refractivity contribution in [1.29, 1.82) is 0 Å². The van der Waals surface area contributed by atoms with E-state index < -0.39 is 5.97 Å². The van der Waals surface area contributed by atoms with Crippen LogP contribution in [0.4, 0.5) is 0 Å². The molecule has 2 N–H and O–H groups in total. The van der Waals surface area contributed by atoms with Crippen LogP contribution in [0.5, 0.6) is 0 Å². The van der Waals surface area contributed by atoms with Crippen molar-refractivity contribution in [2.75, 3.05) is 13.2 Å². The molecule has 18 heavy (non-hydrogen) atoms. The number of hydrogen-bond acceptors (Lipinski definition) is 4. The fourth-order valence-corrected chi connectivity index (χ4v) is 2.09. The number of pyridine rings is 1. The lowest BCUT2D eigenvalue weighted by atomic mass is 10.0. The first-order chi connectivity index (χ1) is 8.59. The van der Waals surface area contributed by atoms with Gasteiger partial charge in [0, 0.05) is 25.9 Å². The second-order valence-corrected chi connectivity index (χ2v) is 4.85. The monoisotopic (exact) mass is 250 g/mol. The lowest BCUT2D eigenvalue weighted by molar-refractivity contribution is 0.0206. The smallest absolute Gasteiger partial charge is 0.337 e. The Kier molecular flexibility index (Phi) is 3.93. The number of nitrogens with zero attached hydrogens (tertiary/aromatic N) is 1. The first-order valence-electron chi connectivity index (χ1n) is 6.12. The number of hydrogen-bond donors (Lipinski definition) is 2. The summed E-state index contributed by atoms with van der Waals surface area (Å²) >= 11 is 0. The average molecular weight is 250 g/mol. The summed E-state index contributed by atoms with van der Waals surface area (Å²) in [5, 5.41) is 12.1. The normalized spacial score (nSPS) is 23.2. The van der Waals surface area contributed by atoms with Crippen molar-refractivity contribution >= 4 is 5.97 Å². The largest absolute Gasteiger partial charge is 0.478 e. The summed E-state index contributed by atoms with van der Waals surface area (Å²) < 4.78 is 5.67. The highest BCUT2D eigenvalue weighted by Gasteiger charge is 2.28. The van der Waals surface area contributed by atoms with Gasteiger partial charge in [0.2, 0.25) is 0 Å². The third-order valence-electron chi connectivity index (χ3n) is 3.18. The van der Waals surface area contributed by atoms with Gasteiger partial charge in [-0.05, 0) is 31.9 Å². The fourth-order valence-electron chi connectivity index (χ4n) is 2.09. The molecule has 1 aliphatic heterocycles. The molecule has 2 heterocycles. The van der Waals surface area contributed by atoms with E-state index in [9.17, 15) is 4.79 Å². The van der Waals surface area contributed by atoms with E-state index in [0.717, 1.165) is 31.7 Å². The van der Waals surface area contributed by atoms with Gasteiger partial charge in [-0.2, -0.15) is 0 Å². The third kappa shape index (κ3) is 3.27. The van der Waals surface area contributed by atoms with Crippen molar-refractivity contribution in [2.45, 2.75) is 31.9 Å². The Morgan fingerprint density at radius 1 is 1.61 bits per heavy atom. The summed E-state index contributed by atoms with van der Waals surface area (Å²) in [6.45, 7) is 4.35. The predicted molar refractivity (Wildman–Crippen MR) is 66.5 cm³/mol. The molecule has 1 unspecified atom stereocenters. The van der Waals surface area contributed by atoms with Gasteiger partial charge in [-0.25, -0.2) is 4.79 Å². The molecule has 1 fully saturated rings. The van der Waals surface area contributed by atoms with Crippen LogP contribution in [0.2, 0.25) is 0 Å². The van der Waals surface area contributed by atoms with Gasteiger partial charge >= 0.3 is 5.97 Å². The number of nitrogens with one attached hydrogen (secondary N) is 1. The Morgan fingerprint density at radius 2 is 2.44 bits per heavy atom. The van der Waals surface area contributed by atoms with Crippen molar-refractivity contribution in [1.82, 2.24) is 10.3 Å². The maximum absolute atomic E-state index is 10.7. The minimum atomic E-state index is -0.950. The van der Waals surface area contributed by atoms with E-state index in [1.165, 1.54) is 6.20 Å². The molecule has 0 saturated carbocycles. The maximum Gasteiger partial charge on any atom is 0.337 e. The fraction of sp³-hybridized carbons (Fsp3) is 0.538. The molecule has 0 amide bonds. The second kappa shape index (κ2) is 5.46. The summed E-state index contributed by atoms with van der Waals surface area (Å²) in [4.78, 5) is 14.8. The Morgan fingerprint density at radius 3 is 3.00 bits per heavy atom. The van der Waals surface area contributed by atoms with E-state index in [1.54, 1.807) is 12.1 Å². The molecule has 5 heteroatoms. The van der Waals surface area contributed by atoms with Crippen molar-refractivity contribution in [3.05, 3.63) is 29.6 Å². The topological polar surface area (TPSA) is 71.5 Å². The van der Waals surface area contributed by atoms with Crippen LogP contribution in [-0.4, -0.2) is 34.8 Å². The van der Waals surface area contributed by atoms with Crippen LogP contribution in [0.3, 0.4) is 0 Å². The molecule has 0 aromatic carbocycles. The van der Waals surface area contributed by atoms with E-state index in [4.69, 9.17) is 9.84 Å². The molecule has 5 nitrogen and oxygen atoms in total. The molecule has 1 aromatic rings. The minimum absolute atomic E-state index is 0.0684. The summed E-state index contributed by atoms with van der Waals surface area (Å²) in [6.07, 6.45) is 3.57. The van der Waals surface area contributed by atoms with Gasteiger partial charge in [0.25, 0.3) is 0 Å². The molecule has 0 bridgehead atoms. The van der Waals surface area contributed by atoms with Crippen LogP contribution < -0.4 is 5.32 Å². The molecular formula is C13H18N2O3. The zero-order valence-corrected chi connectivity index (χ0v) is 10.5. The van der Waals surface area contributed by atoms with E-state index in [0.29, 0.717) is 6.54 Å². The number of aromatic nitrogens is 1. The van der Waals surface area contributed by atoms with Gasteiger partial charge in [-0.15, -0.1) is 0 Å². The quantitative estimate of drug-likeness (QED) is 0.827. The lowest BCUT2D eigenvalue weighted by Gasteiger charge is -2.23. The third-order valence-corrected chi connectivity index (χ3v) is 3.18. The average Bonchev–Trinajstić information content (AvgIpc) is 2.77. The molecule has 1 aromatic heterocycles. The summed E-state index contributed by atoms with van der Waals surface area (Å²) in [7, 11) is 0. The van der Waals surface area contributed by atoms with Crippen LogP contribution in [0.15, 0.2) is 18.3 Å². The van der Waals surface area contributed by atoms with Crippen LogP contribution in [0.25, 0.3) is 0 Å². The van der Waals surface area contributed by atoms with Gasteiger partial charge in [-0.1, -0.05) is 0 Å². The lowest BCUT2D eigenvalue weighted by Crippen LogP contribution is -2.36. The van der Waals surface area contributed by atoms with E-state index in [-0.39, 0.29) is 11.2 Å². The van der Waals surface area contributed by atoms with E-state index in [2.05, 4.69) is 17.2 Å². The zero-order valence-electron chi connectivity index (χ0n) is 10.5. The number of carbonyl (C=O) groups is 1. The first kappa shape index (κ1) is 13.0. The van der Waals surface area contributed by atoms with Crippen molar-refractivity contribution in [2.24, 2.45) is 0 Å². The number of rotatable bonds is 5. The molecule has 98 valence electrons. The van der Waals surface area contributed by atoms with Gasteiger partial charge in [-0.3, -0.25) is 4.98 Å². The number of carboxylic acids is 1. The molecule has 2 rings (SSSR count). The van der Waals surface area contributed by atoms with E-state index in [1.807, 2.05) is 0 Å². The minimum Gasteiger partial charge on any atom is -0.478 e. The first-order valence-corrected chi connectivity index (χ1v) is 6.12. The Bertz CT molecular complexity index is 411. The van der Waals surface area contributed by atoms with Crippen molar-refractivity contribution < 1.29 is 14.6 Å². The molecule has 1 atom stereocenters. The Hall–Kier alpha value is -1.46. The number of ether oxygens (including phenoxy) is 1. The van der Waals surface area contributed by atoms with Gasteiger partial charge in [0.1, 0.15) is 0 Å². The molecule has 0 radical (unpaired) electrons. The molecule has 1 saturated heterocycles. The second-order valence-electron chi connectivity index (χ2n) is 4.85. The predicted octanol–water partition coefficient (Wildman–Crippen LogP) is 1.44. The summed E-state index contributed by atoms with van der Waals surface area (Å²) in [6, 6.07) is 3.30. The number of aromatic carboxylic acids is 1. The standard InChI is InChI=1S/C13H18N2O3/c1-13(5-2-6-18-13)9-14-8-11-4-3-10(7-15-11)12(16)17/h3-4,7,14H,2,5-6,8-9H2,1H3,(H,16,17). The molecule has 1 aliphatic rings. The molecule has 0 spiro atoms. The molecule has 0 aliphatic carbocycles. The van der Waals surface area contributed by atoms with Crippen molar-refractivity contribution in [3.8, 4) is 0 Å².